The first-order chi connectivity index (χ1) is 13.5. The number of sulfonamides is 1. The van der Waals surface area contributed by atoms with Gasteiger partial charge in [0.1, 0.15) is 0 Å². The van der Waals surface area contributed by atoms with Gasteiger partial charge in [-0.2, -0.15) is 0 Å². The molecule has 0 aromatic heterocycles. The number of hydrogen-bond donors (Lipinski definition) is 1. The molecule has 0 unspecified atom stereocenters. The molecular weight excluding hydrogens is 374 g/mol. The van der Waals surface area contributed by atoms with Gasteiger partial charge < -0.3 is 4.74 Å². The Balaban J connectivity index is 1.81. The van der Waals surface area contributed by atoms with Crippen LogP contribution in [0.15, 0.2) is 89.8 Å². The van der Waals surface area contributed by atoms with E-state index in [1.807, 2.05) is 60.7 Å². The van der Waals surface area contributed by atoms with Crippen LogP contribution in [0.4, 0.5) is 0 Å². The third kappa shape index (κ3) is 4.65. The van der Waals surface area contributed by atoms with Crippen molar-refractivity contribution in [1.82, 2.24) is 4.72 Å². The van der Waals surface area contributed by atoms with E-state index in [4.69, 9.17) is 0 Å². The van der Waals surface area contributed by atoms with Gasteiger partial charge in [0.05, 0.1) is 17.6 Å². The monoisotopic (exact) mass is 395 g/mol. The second-order valence-electron chi connectivity index (χ2n) is 6.24. The van der Waals surface area contributed by atoms with E-state index in [9.17, 15) is 13.2 Å². The van der Waals surface area contributed by atoms with Gasteiger partial charge >= 0.3 is 5.97 Å². The highest BCUT2D eigenvalue weighted by Crippen LogP contribution is 2.24. The first-order valence-corrected chi connectivity index (χ1v) is 10.3. The molecule has 0 aliphatic carbocycles. The largest absolute Gasteiger partial charge is 0.465 e. The molecule has 0 saturated heterocycles. The molecule has 1 N–H and O–H groups in total. The predicted octanol–water partition coefficient (Wildman–Crippen LogP) is 3.58. The number of esters is 1. The smallest absolute Gasteiger partial charge is 0.337 e. The van der Waals surface area contributed by atoms with Crippen LogP contribution in [0.5, 0.6) is 0 Å². The predicted molar refractivity (Wildman–Crippen MR) is 108 cm³/mol. The molecule has 0 bridgehead atoms. The normalized spacial score (nSPS) is 11.4. The van der Waals surface area contributed by atoms with Crippen LogP contribution in [0, 0.1) is 0 Å². The highest BCUT2D eigenvalue weighted by atomic mass is 32.2. The van der Waals surface area contributed by atoms with Crippen molar-refractivity contribution < 1.29 is 17.9 Å². The summed E-state index contributed by atoms with van der Waals surface area (Å²) in [7, 11) is -2.44. The number of benzene rings is 3. The number of carbonyl (C=O) groups excluding carboxylic acids is 1. The third-order valence-corrected chi connectivity index (χ3v) is 5.91. The Hall–Kier alpha value is -2.96. The molecule has 3 aromatic rings. The summed E-state index contributed by atoms with van der Waals surface area (Å²) in [5, 5.41) is 0. The fraction of sp³-hybridized carbons (Fsp3) is 0.136. The highest BCUT2D eigenvalue weighted by Gasteiger charge is 2.20. The minimum Gasteiger partial charge on any atom is -0.465 e. The lowest BCUT2D eigenvalue weighted by atomic mass is 9.92. The van der Waals surface area contributed by atoms with Gasteiger partial charge in [-0.25, -0.2) is 17.9 Å². The number of methoxy groups -OCH3 is 1. The second-order valence-corrected chi connectivity index (χ2v) is 8.01. The van der Waals surface area contributed by atoms with Crippen molar-refractivity contribution in [2.24, 2.45) is 0 Å². The molecular formula is C22H21NO4S. The van der Waals surface area contributed by atoms with Crippen LogP contribution in [0.1, 0.15) is 27.4 Å². The summed E-state index contributed by atoms with van der Waals surface area (Å²) in [6, 6.07) is 25.2. The summed E-state index contributed by atoms with van der Waals surface area (Å²) in [5.41, 5.74) is 2.35. The van der Waals surface area contributed by atoms with Gasteiger partial charge in [-0.15, -0.1) is 0 Å². The lowest BCUT2D eigenvalue weighted by molar-refractivity contribution is 0.0600. The Labute approximate surface area is 165 Å². The topological polar surface area (TPSA) is 72.5 Å². The Morgan fingerprint density at radius 3 is 1.82 bits per heavy atom. The van der Waals surface area contributed by atoms with Crippen LogP contribution in [0.25, 0.3) is 0 Å². The average molecular weight is 395 g/mol. The Morgan fingerprint density at radius 2 is 1.36 bits per heavy atom. The summed E-state index contributed by atoms with van der Waals surface area (Å²) < 4.78 is 32.8. The van der Waals surface area contributed by atoms with Crippen LogP contribution in [0.3, 0.4) is 0 Å². The van der Waals surface area contributed by atoms with Crippen molar-refractivity contribution in [3.8, 4) is 0 Å². The van der Waals surface area contributed by atoms with Crippen molar-refractivity contribution in [1.29, 1.82) is 0 Å². The van der Waals surface area contributed by atoms with Crippen LogP contribution < -0.4 is 4.72 Å². The van der Waals surface area contributed by atoms with Crippen LogP contribution >= 0.6 is 0 Å². The van der Waals surface area contributed by atoms with E-state index in [0.29, 0.717) is 5.56 Å². The number of nitrogens with one attached hydrogen (secondary N) is 1. The zero-order valence-electron chi connectivity index (χ0n) is 15.4. The molecule has 28 heavy (non-hydrogen) atoms. The maximum absolute atomic E-state index is 12.7. The van der Waals surface area contributed by atoms with E-state index in [2.05, 4.69) is 9.46 Å². The summed E-state index contributed by atoms with van der Waals surface area (Å²) in [5.74, 6) is -0.628. The van der Waals surface area contributed by atoms with E-state index < -0.39 is 16.0 Å². The third-order valence-electron chi connectivity index (χ3n) is 4.47. The summed E-state index contributed by atoms with van der Waals surface area (Å²) in [6.07, 6.45) is 0. The second kappa shape index (κ2) is 8.82. The Morgan fingerprint density at radius 1 is 0.857 bits per heavy atom. The van der Waals surface area contributed by atoms with Gasteiger partial charge in [0.25, 0.3) is 0 Å². The van der Waals surface area contributed by atoms with Crippen molar-refractivity contribution in [2.75, 3.05) is 13.7 Å². The van der Waals surface area contributed by atoms with E-state index in [-0.39, 0.29) is 17.4 Å². The maximum atomic E-state index is 12.7. The maximum Gasteiger partial charge on any atom is 0.337 e. The fourth-order valence-electron chi connectivity index (χ4n) is 2.96. The summed E-state index contributed by atoms with van der Waals surface area (Å²) in [4.78, 5) is 11.6. The van der Waals surface area contributed by atoms with Crippen LogP contribution in [-0.2, 0) is 14.8 Å². The molecule has 0 amide bonds. The van der Waals surface area contributed by atoms with Crippen molar-refractivity contribution in [2.45, 2.75) is 10.8 Å². The lowest BCUT2D eigenvalue weighted by Crippen LogP contribution is -2.29. The highest BCUT2D eigenvalue weighted by molar-refractivity contribution is 7.89. The van der Waals surface area contributed by atoms with E-state index >= 15 is 0 Å². The van der Waals surface area contributed by atoms with E-state index in [0.717, 1.165) is 11.1 Å². The molecule has 0 spiro atoms. The SMILES string of the molecule is COC(=O)c1ccc(S(=O)(=O)NCC(c2ccccc2)c2ccccc2)cc1. The molecule has 0 saturated carbocycles. The quantitative estimate of drug-likeness (QED) is 0.621. The fourth-order valence-corrected chi connectivity index (χ4v) is 4.01. The molecule has 5 nitrogen and oxygen atoms in total. The number of carbonyl (C=O) groups is 1. The van der Waals surface area contributed by atoms with Crippen LogP contribution in [0.2, 0.25) is 0 Å². The molecule has 0 heterocycles. The molecule has 0 fully saturated rings. The number of hydrogen-bond acceptors (Lipinski definition) is 4. The minimum atomic E-state index is -3.72. The van der Waals surface area contributed by atoms with Crippen molar-refractivity contribution in [3.05, 3.63) is 102 Å². The van der Waals surface area contributed by atoms with Gasteiger partial charge in [0, 0.05) is 12.5 Å². The lowest BCUT2D eigenvalue weighted by Gasteiger charge is -2.19. The summed E-state index contributed by atoms with van der Waals surface area (Å²) in [6.45, 7) is 0.217. The average Bonchev–Trinajstić information content (AvgIpc) is 2.75. The molecule has 0 aliphatic rings. The Kier molecular flexibility index (Phi) is 6.23. The zero-order valence-corrected chi connectivity index (χ0v) is 16.2. The van der Waals surface area contributed by atoms with Gasteiger partial charge in [-0.1, -0.05) is 60.7 Å². The van der Waals surface area contributed by atoms with Crippen LogP contribution in [-0.4, -0.2) is 28.0 Å². The molecule has 0 aliphatic heterocycles. The first-order valence-electron chi connectivity index (χ1n) is 8.79. The van der Waals surface area contributed by atoms with Gasteiger partial charge in [0.15, 0.2) is 0 Å². The number of rotatable bonds is 7. The van der Waals surface area contributed by atoms with Gasteiger partial charge in [0.2, 0.25) is 10.0 Å². The summed E-state index contributed by atoms with van der Waals surface area (Å²) >= 11 is 0. The van der Waals surface area contributed by atoms with E-state index in [1.54, 1.807) is 0 Å². The van der Waals surface area contributed by atoms with Crippen molar-refractivity contribution >= 4 is 16.0 Å². The minimum absolute atomic E-state index is 0.0972. The molecule has 0 atom stereocenters. The van der Waals surface area contributed by atoms with Gasteiger partial charge in [-0.05, 0) is 35.4 Å². The molecule has 3 rings (SSSR count). The molecule has 6 heteroatoms. The molecule has 144 valence electrons. The molecule has 3 aromatic carbocycles. The zero-order chi connectivity index (χ0) is 20.0. The number of ether oxygens (including phenoxy) is 1. The van der Waals surface area contributed by atoms with Crippen molar-refractivity contribution in [3.63, 3.8) is 0 Å². The van der Waals surface area contributed by atoms with Gasteiger partial charge in [-0.3, -0.25) is 0 Å². The molecule has 0 radical (unpaired) electrons. The van der Waals surface area contributed by atoms with E-state index in [1.165, 1.54) is 31.4 Å². The Bertz CT molecular complexity index is 978. The first kappa shape index (κ1) is 19.8. The standard InChI is InChI=1S/C22H21NO4S/c1-27-22(24)19-12-14-20(15-13-19)28(25,26)23-16-21(17-8-4-2-5-9-17)18-10-6-3-7-11-18/h2-15,21,23H,16H2,1H3.